The molecular formula is C18H23N5O4. The van der Waals surface area contributed by atoms with Gasteiger partial charge in [0.05, 0.1) is 11.9 Å². The third-order valence-electron chi connectivity index (χ3n) is 3.65. The van der Waals surface area contributed by atoms with Gasteiger partial charge in [0.1, 0.15) is 0 Å². The molecule has 1 aromatic heterocycles. The summed E-state index contributed by atoms with van der Waals surface area (Å²) in [5.74, 6) is -1.39. The molecule has 0 radical (unpaired) electrons. The first-order chi connectivity index (χ1) is 12.7. The van der Waals surface area contributed by atoms with Crippen molar-refractivity contribution >= 4 is 23.5 Å². The largest absolute Gasteiger partial charge is 0.476 e. The van der Waals surface area contributed by atoms with Crippen molar-refractivity contribution in [2.45, 2.75) is 33.6 Å². The van der Waals surface area contributed by atoms with Gasteiger partial charge in [0.25, 0.3) is 0 Å². The maximum atomic E-state index is 12.1. The van der Waals surface area contributed by atoms with Gasteiger partial charge >= 0.3 is 5.97 Å². The number of benzene rings is 1. The molecule has 0 spiro atoms. The van der Waals surface area contributed by atoms with Crippen molar-refractivity contribution in [3.05, 3.63) is 36.2 Å². The van der Waals surface area contributed by atoms with Crippen LogP contribution in [0.4, 0.5) is 5.69 Å². The summed E-state index contributed by atoms with van der Waals surface area (Å²) in [5.41, 5.74) is 0.514. The molecule has 27 heavy (non-hydrogen) atoms. The molecule has 9 nitrogen and oxygen atoms in total. The summed E-state index contributed by atoms with van der Waals surface area (Å²) in [6.07, 6.45) is 2.08. The van der Waals surface area contributed by atoms with E-state index in [1.165, 1.54) is 10.9 Å². The lowest BCUT2D eigenvalue weighted by Gasteiger charge is -2.17. The van der Waals surface area contributed by atoms with Crippen LogP contribution in [0.3, 0.4) is 0 Å². The van der Waals surface area contributed by atoms with E-state index in [9.17, 15) is 14.4 Å². The second-order valence-corrected chi connectivity index (χ2v) is 7.06. The van der Waals surface area contributed by atoms with Crippen LogP contribution in [0.15, 0.2) is 30.5 Å². The minimum absolute atomic E-state index is 0.0517. The number of hydrogen-bond acceptors (Lipinski definition) is 5. The minimum Gasteiger partial charge on any atom is -0.476 e. The number of aromatic carboxylic acids is 1. The van der Waals surface area contributed by atoms with E-state index >= 15 is 0 Å². The summed E-state index contributed by atoms with van der Waals surface area (Å²) in [6.45, 7) is 5.92. The first kappa shape index (κ1) is 20.1. The summed E-state index contributed by atoms with van der Waals surface area (Å²) in [7, 11) is 0. The van der Waals surface area contributed by atoms with E-state index in [1.807, 2.05) is 20.8 Å². The van der Waals surface area contributed by atoms with Crippen LogP contribution >= 0.6 is 0 Å². The maximum absolute atomic E-state index is 12.1. The number of nitrogens with one attached hydrogen (secondary N) is 2. The number of carbonyl (C=O) groups is 3. The Bertz CT molecular complexity index is 838. The fraction of sp³-hybridized carbons (Fsp3) is 0.389. The fourth-order valence-electron chi connectivity index (χ4n) is 2.15. The maximum Gasteiger partial charge on any atom is 0.358 e. The standard InChI is InChI=1S/C18H23N5O4/c1-18(2,3)17(27)19-9-5-8-15(24)20-12-6-4-7-13(10-12)23-11-14(16(25)26)21-22-23/h4,6-7,10-11H,5,8-9H2,1-3H3,(H,19,27)(H,20,24)(H,25,26). The number of amides is 2. The van der Waals surface area contributed by atoms with Crippen molar-refractivity contribution in [1.82, 2.24) is 20.3 Å². The van der Waals surface area contributed by atoms with Gasteiger partial charge in [-0.2, -0.15) is 0 Å². The molecule has 144 valence electrons. The number of nitrogens with zero attached hydrogens (tertiary/aromatic N) is 3. The van der Waals surface area contributed by atoms with Crippen molar-refractivity contribution in [2.24, 2.45) is 5.41 Å². The molecule has 0 saturated heterocycles. The van der Waals surface area contributed by atoms with Gasteiger partial charge in [-0.05, 0) is 24.6 Å². The van der Waals surface area contributed by atoms with Crippen LogP contribution in [0.1, 0.15) is 44.1 Å². The van der Waals surface area contributed by atoms with Gasteiger partial charge in [-0.15, -0.1) is 5.10 Å². The van der Waals surface area contributed by atoms with Gasteiger partial charge in [-0.3, -0.25) is 9.59 Å². The van der Waals surface area contributed by atoms with Crippen LogP contribution in [0.25, 0.3) is 5.69 Å². The number of carboxylic acid groups (broad SMARTS) is 1. The molecule has 0 fully saturated rings. The van der Waals surface area contributed by atoms with Gasteiger partial charge in [-0.1, -0.05) is 32.1 Å². The number of carboxylic acids is 1. The molecule has 0 aliphatic rings. The van der Waals surface area contributed by atoms with E-state index in [2.05, 4.69) is 20.9 Å². The first-order valence-corrected chi connectivity index (χ1v) is 8.51. The van der Waals surface area contributed by atoms with Crippen LogP contribution in [0.5, 0.6) is 0 Å². The van der Waals surface area contributed by atoms with E-state index < -0.39 is 11.4 Å². The average Bonchev–Trinajstić information content (AvgIpc) is 3.08. The Morgan fingerprint density at radius 3 is 2.59 bits per heavy atom. The molecule has 2 rings (SSSR count). The van der Waals surface area contributed by atoms with E-state index in [0.717, 1.165) is 0 Å². The summed E-state index contributed by atoms with van der Waals surface area (Å²) in [4.78, 5) is 34.7. The normalized spacial score (nSPS) is 11.1. The zero-order chi connectivity index (χ0) is 20.0. The molecule has 0 bridgehead atoms. The number of hydrogen-bond donors (Lipinski definition) is 3. The third kappa shape index (κ3) is 5.91. The van der Waals surface area contributed by atoms with Crippen molar-refractivity contribution in [3.8, 4) is 5.69 Å². The Morgan fingerprint density at radius 2 is 1.96 bits per heavy atom. The number of anilines is 1. The Morgan fingerprint density at radius 1 is 1.22 bits per heavy atom. The average molecular weight is 373 g/mol. The molecule has 9 heteroatoms. The highest BCUT2D eigenvalue weighted by Crippen LogP contribution is 2.15. The SMILES string of the molecule is CC(C)(C)C(=O)NCCCC(=O)Nc1cccc(-n2cc(C(=O)O)nn2)c1. The van der Waals surface area contributed by atoms with Crippen molar-refractivity contribution in [3.63, 3.8) is 0 Å². The van der Waals surface area contributed by atoms with Crippen LogP contribution in [-0.4, -0.2) is 44.4 Å². The summed E-state index contributed by atoms with van der Waals surface area (Å²) in [5, 5.41) is 21.8. The van der Waals surface area contributed by atoms with E-state index in [-0.39, 0.29) is 23.9 Å². The second kappa shape index (κ2) is 8.43. The molecule has 0 atom stereocenters. The van der Waals surface area contributed by atoms with Crippen LogP contribution in [0.2, 0.25) is 0 Å². The Balaban J connectivity index is 1.87. The topological polar surface area (TPSA) is 126 Å². The van der Waals surface area contributed by atoms with E-state index in [4.69, 9.17) is 5.11 Å². The highest BCUT2D eigenvalue weighted by molar-refractivity contribution is 5.91. The van der Waals surface area contributed by atoms with Crippen molar-refractivity contribution in [1.29, 1.82) is 0 Å². The number of carbonyl (C=O) groups excluding carboxylic acids is 2. The van der Waals surface area contributed by atoms with Crippen LogP contribution in [0, 0.1) is 5.41 Å². The number of rotatable bonds is 7. The fourth-order valence-corrected chi connectivity index (χ4v) is 2.15. The van der Waals surface area contributed by atoms with Gasteiger partial charge in [0, 0.05) is 24.1 Å². The molecule has 0 unspecified atom stereocenters. The molecule has 0 aliphatic carbocycles. The quantitative estimate of drug-likeness (QED) is 0.636. The molecule has 2 amide bonds. The first-order valence-electron chi connectivity index (χ1n) is 8.51. The molecule has 3 N–H and O–H groups in total. The second-order valence-electron chi connectivity index (χ2n) is 7.06. The van der Waals surface area contributed by atoms with Gasteiger partial charge in [-0.25, -0.2) is 9.48 Å². The van der Waals surface area contributed by atoms with Gasteiger partial charge in [0.2, 0.25) is 11.8 Å². The van der Waals surface area contributed by atoms with Crippen molar-refractivity contribution in [2.75, 3.05) is 11.9 Å². The Kier molecular flexibility index (Phi) is 6.27. The highest BCUT2D eigenvalue weighted by Gasteiger charge is 2.20. The smallest absolute Gasteiger partial charge is 0.358 e. The predicted octanol–water partition coefficient (Wildman–Crippen LogP) is 1.85. The van der Waals surface area contributed by atoms with E-state index in [0.29, 0.717) is 24.3 Å². The number of aromatic nitrogens is 3. The lowest BCUT2D eigenvalue weighted by Crippen LogP contribution is -2.35. The molecule has 1 heterocycles. The van der Waals surface area contributed by atoms with Crippen LogP contribution < -0.4 is 10.6 Å². The predicted molar refractivity (Wildman–Crippen MR) is 98.6 cm³/mol. The van der Waals surface area contributed by atoms with Crippen molar-refractivity contribution < 1.29 is 19.5 Å². The Hall–Kier alpha value is -3.23. The molecule has 0 aliphatic heterocycles. The Labute approximate surface area is 156 Å². The summed E-state index contributed by atoms with van der Waals surface area (Å²) in [6, 6.07) is 6.83. The van der Waals surface area contributed by atoms with Crippen LogP contribution in [-0.2, 0) is 9.59 Å². The summed E-state index contributed by atoms with van der Waals surface area (Å²) < 4.78 is 1.32. The van der Waals surface area contributed by atoms with Gasteiger partial charge in [0.15, 0.2) is 5.69 Å². The molecule has 0 saturated carbocycles. The lowest BCUT2D eigenvalue weighted by atomic mass is 9.96. The lowest BCUT2D eigenvalue weighted by molar-refractivity contribution is -0.128. The van der Waals surface area contributed by atoms with Gasteiger partial charge < -0.3 is 15.7 Å². The molecule has 1 aromatic carbocycles. The molecular weight excluding hydrogens is 350 g/mol. The summed E-state index contributed by atoms with van der Waals surface area (Å²) >= 11 is 0. The highest BCUT2D eigenvalue weighted by atomic mass is 16.4. The third-order valence-corrected chi connectivity index (χ3v) is 3.65. The zero-order valence-electron chi connectivity index (χ0n) is 15.5. The minimum atomic E-state index is -1.16. The molecule has 2 aromatic rings. The monoisotopic (exact) mass is 373 g/mol. The van der Waals surface area contributed by atoms with E-state index in [1.54, 1.807) is 24.3 Å². The zero-order valence-corrected chi connectivity index (χ0v) is 15.5.